The van der Waals surface area contributed by atoms with Gasteiger partial charge in [0.2, 0.25) is 0 Å². The first-order valence-electron chi connectivity index (χ1n) is 16.4. The molecule has 2 heteroatoms. The number of hydrogen-bond donors (Lipinski definition) is 0. The summed E-state index contributed by atoms with van der Waals surface area (Å²) >= 11 is 1.11. The van der Waals surface area contributed by atoms with Gasteiger partial charge in [-0.1, -0.05) is 0 Å². The topological polar surface area (TPSA) is 0 Å². The number of rotatable bonds is 8. The molecule has 0 radical (unpaired) electrons. The summed E-state index contributed by atoms with van der Waals surface area (Å²) < 4.78 is 4.60. The van der Waals surface area contributed by atoms with Crippen LogP contribution in [0.25, 0.3) is 20.0 Å². The van der Waals surface area contributed by atoms with Gasteiger partial charge >= 0.3 is 264 Å². The summed E-state index contributed by atoms with van der Waals surface area (Å²) in [6.45, 7) is 6.88. The van der Waals surface area contributed by atoms with Crippen LogP contribution >= 0.6 is 0 Å². The fraction of sp³-hybridized carbons (Fsp3) is 0.487. The fourth-order valence-electron chi connectivity index (χ4n) is 7.26. The summed E-state index contributed by atoms with van der Waals surface area (Å²) in [5.41, 5.74) is 6.01. The minimum atomic E-state index is 0.555. The van der Waals surface area contributed by atoms with Gasteiger partial charge in [-0.25, -0.2) is 0 Å². The second-order valence-corrected chi connectivity index (χ2v) is 17.3. The van der Waals surface area contributed by atoms with E-state index in [1.165, 1.54) is 97.1 Å². The van der Waals surface area contributed by atoms with E-state index in [2.05, 4.69) is 98.5 Å². The molecule has 0 aliphatic heterocycles. The van der Waals surface area contributed by atoms with Gasteiger partial charge in [-0.15, -0.1) is 0 Å². The molecule has 4 aromatic rings. The Balaban J connectivity index is 0.000000165. The van der Waals surface area contributed by atoms with E-state index in [1.54, 1.807) is 15.6 Å². The van der Waals surface area contributed by atoms with Gasteiger partial charge < -0.3 is 0 Å². The third kappa shape index (κ3) is 8.74. The van der Waals surface area contributed by atoms with Crippen LogP contribution in [-0.2, 0) is 0 Å². The van der Waals surface area contributed by atoms with Crippen molar-refractivity contribution >= 4 is 29.0 Å². The quantitative estimate of drug-likeness (QED) is 0.163. The van der Waals surface area contributed by atoms with E-state index < -0.39 is 0 Å². The van der Waals surface area contributed by atoms with Crippen LogP contribution in [0.2, 0.25) is 0 Å². The first-order valence-corrected chi connectivity index (χ1v) is 20.0. The Morgan fingerprint density at radius 1 is 0.561 bits per heavy atom. The third-order valence-corrected chi connectivity index (χ3v) is 13.8. The standard InChI is InChI=1S/C20H26Se.C19H24Se/c1-3-4-16-6-8-17(9-7-16)18-10-12-19(13-11-18)20-14-5-15(2)21-20;1-2-4-15-6-8-16(9-7-15)17-10-12-18(13-11-17)19-5-3-14-20-19/h5,10-14,16-17H,3-4,6-9H2,1-2H3;3,5,10-16H,2,4,6-9H2,1H3. The van der Waals surface area contributed by atoms with E-state index in [4.69, 9.17) is 0 Å². The van der Waals surface area contributed by atoms with Gasteiger partial charge in [0.05, 0.1) is 0 Å². The second kappa shape index (κ2) is 15.8. The van der Waals surface area contributed by atoms with Crippen molar-refractivity contribution in [2.75, 3.05) is 0 Å². The second-order valence-electron chi connectivity index (χ2n) is 12.6. The average Bonchev–Trinajstić information content (AvgIpc) is 3.72. The van der Waals surface area contributed by atoms with E-state index in [0.717, 1.165) is 23.7 Å². The predicted octanol–water partition coefficient (Wildman–Crippen LogP) is 11.3. The molecule has 2 heterocycles. The molecule has 2 saturated carbocycles. The first kappa shape index (κ1) is 30.9. The molecule has 2 aliphatic carbocycles. The van der Waals surface area contributed by atoms with E-state index >= 15 is 0 Å². The fourth-order valence-corrected chi connectivity index (χ4v) is 10.6. The van der Waals surface area contributed by atoms with Crippen molar-refractivity contribution in [3.8, 4) is 20.0 Å². The van der Waals surface area contributed by atoms with Crippen LogP contribution in [0.1, 0.15) is 118 Å². The zero-order valence-electron chi connectivity index (χ0n) is 25.6. The number of hydrogen-bond acceptors (Lipinski definition) is 0. The zero-order valence-corrected chi connectivity index (χ0v) is 29.0. The van der Waals surface area contributed by atoms with Crippen molar-refractivity contribution in [3.05, 3.63) is 93.3 Å². The van der Waals surface area contributed by atoms with Crippen molar-refractivity contribution in [3.63, 3.8) is 0 Å². The molecule has 2 aromatic carbocycles. The van der Waals surface area contributed by atoms with Gasteiger partial charge in [0.25, 0.3) is 0 Å². The summed E-state index contributed by atoms with van der Waals surface area (Å²) in [6, 6.07) is 28.0. The van der Waals surface area contributed by atoms with Crippen molar-refractivity contribution in [1.29, 1.82) is 0 Å². The Morgan fingerprint density at radius 2 is 1.05 bits per heavy atom. The molecule has 0 nitrogen and oxygen atoms in total. The van der Waals surface area contributed by atoms with Gasteiger partial charge in [0, 0.05) is 0 Å². The predicted molar refractivity (Wildman–Crippen MR) is 182 cm³/mol. The Hall–Kier alpha value is -1.56. The molecule has 0 atom stereocenters. The summed E-state index contributed by atoms with van der Waals surface area (Å²) in [5, 5.41) is 0. The summed E-state index contributed by atoms with van der Waals surface area (Å²) in [5.74, 6) is 3.65. The van der Waals surface area contributed by atoms with Crippen LogP contribution in [0.4, 0.5) is 0 Å². The SMILES string of the molecule is CCCC1CCC(c2ccc(-c3ccc(C)[se]3)cc2)CC1.CCCC1CCC(c2ccc(-c3ccc[se]3)cc2)CC1. The van der Waals surface area contributed by atoms with Crippen LogP contribution in [0, 0.1) is 18.8 Å². The number of aryl methyl sites for hydroxylation is 1. The molecule has 218 valence electrons. The monoisotopic (exact) mass is 678 g/mol. The maximum absolute atomic E-state index is 2.39. The molecule has 2 aliphatic rings. The maximum atomic E-state index is 2.39. The van der Waals surface area contributed by atoms with Gasteiger partial charge in [-0.3, -0.25) is 0 Å². The summed E-state index contributed by atoms with van der Waals surface area (Å²) in [6.07, 6.45) is 17.0. The molecule has 0 saturated heterocycles. The van der Waals surface area contributed by atoms with Crippen LogP contribution in [-0.4, -0.2) is 29.0 Å². The van der Waals surface area contributed by atoms with Crippen molar-refractivity contribution < 1.29 is 0 Å². The van der Waals surface area contributed by atoms with E-state index in [1.807, 2.05) is 0 Å². The van der Waals surface area contributed by atoms with Crippen molar-refractivity contribution in [1.82, 2.24) is 0 Å². The molecular formula is C39H50Se2. The third-order valence-electron chi connectivity index (χ3n) is 9.68. The average molecular weight is 677 g/mol. The molecule has 6 rings (SSSR count). The van der Waals surface area contributed by atoms with Crippen LogP contribution in [0.5, 0.6) is 0 Å². The van der Waals surface area contributed by atoms with Gasteiger partial charge in [0.15, 0.2) is 0 Å². The molecule has 2 aromatic heterocycles. The first-order chi connectivity index (χ1) is 20.1. The van der Waals surface area contributed by atoms with Gasteiger partial charge in [0.1, 0.15) is 0 Å². The normalized spacial score (nSPS) is 22.6. The zero-order chi connectivity index (χ0) is 28.4. The molecule has 2 fully saturated rings. The van der Waals surface area contributed by atoms with Crippen molar-refractivity contribution in [2.45, 2.75) is 110 Å². The van der Waals surface area contributed by atoms with Crippen LogP contribution in [0.3, 0.4) is 0 Å². The summed E-state index contributed by atoms with van der Waals surface area (Å²) in [7, 11) is 0. The molecular weight excluding hydrogens is 626 g/mol. The van der Waals surface area contributed by atoms with E-state index in [0.29, 0.717) is 29.0 Å². The number of benzene rings is 2. The Labute approximate surface area is 262 Å². The minimum absolute atomic E-state index is 0.555. The molecule has 41 heavy (non-hydrogen) atoms. The van der Waals surface area contributed by atoms with Gasteiger partial charge in [-0.05, 0) is 0 Å². The molecule has 0 amide bonds. The Morgan fingerprint density at radius 3 is 1.44 bits per heavy atom. The Bertz CT molecular complexity index is 1260. The van der Waals surface area contributed by atoms with Crippen LogP contribution in [0.15, 0.2) is 77.7 Å². The van der Waals surface area contributed by atoms with Gasteiger partial charge in [-0.2, -0.15) is 0 Å². The molecule has 0 unspecified atom stereocenters. The molecule has 0 bridgehead atoms. The Kier molecular flexibility index (Phi) is 11.9. The van der Waals surface area contributed by atoms with E-state index in [-0.39, 0.29) is 0 Å². The molecule has 0 N–H and O–H groups in total. The van der Waals surface area contributed by atoms with Crippen LogP contribution < -0.4 is 0 Å². The van der Waals surface area contributed by atoms with Crippen molar-refractivity contribution in [2.24, 2.45) is 11.8 Å². The van der Waals surface area contributed by atoms with E-state index in [9.17, 15) is 0 Å². The summed E-state index contributed by atoms with van der Waals surface area (Å²) in [4.78, 5) is 2.30. The molecule has 0 spiro atoms.